The van der Waals surface area contributed by atoms with Gasteiger partial charge in [-0.3, -0.25) is 0 Å². The van der Waals surface area contributed by atoms with Crippen LogP contribution in [0.25, 0.3) is 0 Å². The molecule has 0 aliphatic rings. The first-order chi connectivity index (χ1) is 8.79. The molecular weight excluding hydrogens is 248 g/mol. The summed E-state index contributed by atoms with van der Waals surface area (Å²) in [7, 11) is 1.73. The average molecular weight is 260 g/mol. The van der Waals surface area contributed by atoms with Crippen LogP contribution in [0, 0.1) is 0 Å². The minimum Gasteiger partial charge on any atom is -0.422 e. The Morgan fingerprint density at radius 3 is 2.72 bits per heavy atom. The largest absolute Gasteiger partial charge is 0.422 e. The summed E-state index contributed by atoms with van der Waals surface area (Å²) in [5.41, 5.74) is 3.60. The molecule has 0 atom stereocenters. The van der Waals surface area contributed by atoms with Crippen molar-refractivity contribution in [1.82, 2.24) is 5.43 Å². The molecule has 0 saturated heterocycles. The van der Waals surface area contributed by atoms with Crippen LogP contribution in [-0.2, 0) is 0 Å². The van der Waals surface area contributed by atoms with Crippen LogP contribution in [0.15, 0.2) is 46.9 Å². The topological polar surface area (TPSA) is 50.7 Å². The van der Waals surface area contributed by atoms with E-state index >= 15 is 0 Å². The predicted octanol–water partition coefficient (Wildman–Crippen LogP) is 2.52. The summed E-state index contributed by atoms with van der Waals surface area (Å²) in [5.74, 6) is 0.191. The third-order valence-electron chi connectivity index (χ3n) is 2.16. The molecule has 1 aromatic heterocycles. The van der Waals surface area contributed by atoms with E-state index in [1.807, 2.05) is 23.6 Å². The van der Waals surface area contributed by atoms with Crippen molar-refractivity contribution in [1.29, 1.82) is 0 Å². The Labute approximate surface area is 109 Å². The van der Waals surface area contributed by atoms with Gasteiger partial charge < -0.3 is 10.2 Å². The number of ether oxygens (including phenoxy) is 1. The van der Waals surface area contributed by atoms with E-state index < -0.39 is 0 Å². The second-order valence-corrected chi connectivity index (χ2v) is 4.37. The molecule has 0 bridgehead atoms. The van der Waals surface area contributed by atoms with Gasteiger partial charge in [0.05, 0.1) is 6.21 Å². The summed E-state index contributed by atoms with van der Waals surface area (Å²) < 4.78 is 5.23. The first kappa shape index (κ1) is 12.3. The van der Waals surface area contributed by atoms with Crippen LogP contribution in [0.5, 0.6) is 5.75 Å². The van der Waals surface area contributed by atoms with Gasteiger partial charge in [0.25, 0.3) is 0 Å². The van der Waals surface area contributed by atoms with Crippen molar-refractivity contribution in [3.8, 4) is 5.75 Å². The van der Waals surface area contributed by atoms with Crippen LogP contribution in [0.2, 0.25) is 0 Å². The Kier molecular flexibility index (Phi) is 4.09. The fraction of sp³-hybridized carbons (Fsp3) is 0.0769. The molecular formula is C13H12N2O2S. The maximum Gasteiger partial charge on any atom is 0.353 e. The molecule has 18 heavy (non-hydrogen) atoms. The van der Waals surface area contributed by atoms with Gasteiger partial charge >= 0.3 is 5.97 Å². The fourth-order valence-corrected chi connectivity index (χ4v) is 1.91. The number of hydrogen-bond donors (Lipinski definition) is 1. The summed E-state index contributed by atoms with van der Waals surface area (Å²) in [4.78, 5) is 12.3. The first-order valence-corrected chi connectivity index (χ1v) is 6.23. The zero-order chi connectivity index (χ0) is 12.8. The molecule has 2 rings (SSSR count). The van der Waals surface area contributed by atoms with E-state index in [9.17, 15) is 4.79 Å². The number of rotatable bonds is 4. The number of hydrogen-bond acceptors (Lipinski definition) is 5. The number of carbonyl (C=O) groups is 1. The van der Waals surface area contributed by atoms with Crippen molar-refractivity contribution in [2.24, 2.45) is 5.10 Å². The number of benzene rings is 1. The highest BCUT2D eigenvalue weighted by Crippen LogP contribution is 2.15. The van der Waals surface area contributed by atoms with Gasteiger partial charge in [-0.15, -0.1) is 11.3 Å². The zero-order valence-corrected chi connectivity index (χ0v) is 10.6. The van der Waals surface area contributed by atoms with Crippen molar-refractivity contribution in [2.45, 2.75) is 0 Å². The Bertz CT molecular complexity index is 533. The van der Waals surface area contributed by atoms with Crippen LogP contribution >= 0.6 is 11.3 Å². The van der Waals surface area contributed by atoms with Crippen molar-refractivity contribution in [2.75, 3.05) is 7.05 Å². The van der Waals surface area contributed by atoms with Gasteiger partial charge in [0.2, 0.25) is 0 Å². The molecule has 2 aromatic rings. The van der Waals surface area contributed by atoms with Gasteiger partial charge in [-0.05, 0) is 41.3 Å². The van der Waals surface area contributed by atoms with Crippen LogP contribution in [0.3, 0.4) is 0 Å². The fourth-order valence-electron chi connectivity index (χ4n) is 1.31. The molecule has 0 saturated carbocycles. The van der Waals surface area contributed by atoms with Crippen LogP contribution in [0.4, 0.5) is 0 Å². The predicted molar refractivity (Wildman–Crippen MR) is 72.4 cm³/mol. The van der Waals surface area contributed by atoms with Gasteiger partial charge in [-0.1, -0.05) is 6.07 Å². The molecule has 1 aromatic carbocycles. The number of nitrogens with zero attached hydrogens (tertiary/aromatic N) is 1. The lowest BCUT2D eigenvalue weighted by Crippen LogP contribution is -2.06. The molecule has 5 heteroatoms. The lowest BCUT2D eigenvalue weighted by Gasteiger charge is -2.02. The Hall–Kier alpha value is -2.14. The van der Waals surface area contributed by atoms with E-state index in [0.717, 1.165) is 5.56 Å². The number of nitrogens with one attached hydrogen (secondary N) is 1. The highest BCUT2D eigenvalue weighted by Gasteiger charge is 2.08. The van der Waals surface area contributed by atoms with Crippen LogP contribution < -0.4 is 10.2 Å². The summed E-state index contributed by atoms with van der Waals surface area (Å²) in [6.07, 6.45) is 1.69. The summed E-state index contributed by atoms with van der Waals surface area (Å²) in [6.45, 7) is 0. The van der Waals surface area contributed by atoms with E-state index in [0.29, 0.717) is 10.6 Å². The number of thiophene rings is 1. The molecule has 1 N–H and O–H groups in total. The standard InChI is InChI=1S/C13H12N2O2S/c1-14-15-9-10-4-6-11(7-5-10)17-13(16)12-3-2-8-18-12/h2-9,14H,1H3/b15-9+. The van der Waals surface area contributed by atoms with Crippen molar-refractivity contribution >= 4 is 23.5 Å². The quantitative estimate of drug-likeness (QED) is 0.398. The first-order valence-electron chi connectivity index (χ1n) is 5.35. The monoisotopic (exact) mass is 260 g/mol. The minimum atomic E-state index is -0.332. The number of carbonyl (C=O) groups excluding carboxylic acids is 1. The molecule has 0 aliphatic heterocycles. The Morgan fingerprint density at radius 1 is 1.33 bits per heavy atom. The second kappa shape index (κ2) is 5.97. The molecule has 92 valence electrons. The van der Waals surface area contributed by atoms with E-state index in [1.165, 1.54) is 11.3 Å². The summed E-state index contributed by atoms with van der Waals surface area (Å²) in [6, 6.07) is 10.7. The molecule has 0 radical (unpaired) electrons. The third-order valence-corrected chi connectivity index (χ3v) is 3.01. The maximum absolute atomic E-state index is 11.7. The molecule has 0 fully saturated rings. The van der Waals surface area contributed by atoms with E-state index in [4.69, 9.17) is 4.74 Å². The Balaban J connectivity index is 2.02. The van der Waals surface area contributed by atoms with Gasteiger partial charge in [0.15, 0.2) is 0 Å². The van der Waals surface area contributed by atoms with Crippen molar-refractivity contribution in [3.05, 3.63) is 52.2 Å². The van der Waals surface area contributed by atoms with Crippen LogP contribution in [0.1, 0.15) is 15.2 Å². The van der Waals surface area contributed by atoms with Gasteiger partial charge in [0.1, 0.15) is 10.6 Å². The van der Waals surface area contributed by atoms with Crippen LogP contribution in [-0.4, -0.2) is 19.2 Å². The van der Waals surface area contributed by atoms with Gasteiger partial charge in [0, 0.05) is 7.05 Å². The minimum absolute atomic E-state index is 0.332. The highest BCUT2D eigenvalue weighted by molar-refractivity contribution is 7.12. The number of hydrazone groups is 1. The third kappa shape index (κ3) is 3.18. The Morgan fingerprint density at radius 2 is 2.11 bits per heavy atom. The SMILES string of the molecule is CN/N=C/c1ccc(OC(=O)c2cccs2)cc1. The smallest absolute Gasteiger partial charge is 0.353 e. The molecule has 1 heterocycles. The van der Waals surface area contributed by atoms with Crippen molar-refractivity contribution in [3.63, 3.8) is 0 Å². The zero-order valence-electron chi connectivity index (χ0n) is 9.79. The summed E-state index contributed by atoms with van der Waals surface area (Å²) >= 11 is 1.36. The molecule has 0 unspecified atom stereocenters. The second-order valence-electron chi connectivity index (χ2n) is 3.42. The molecule has 0 spiro atoms. The van der Waals surface area contributed by atoms with E-state index in [-0.39, 0.29) is 5.97 Å². The summed E-state index contributed by atoms with van der Waals surface area (Å²) in [5, 5.41) is 5.73. The molecule has 4 nitrogen and oxygen atoms in total. The number of esters is 1. The lowest BCUT2D eigenvalue weighted by molar-refractivity contribution is 0.0740. The average Bonchev–Trinajstić information content (AvgIpc) is 2.92. The van der Waals surface area contributed by atoms with Gasteiger partial charge in [-0.25, -0.2) is 4.79 Å². The highest BCUT2D eigenvalue weighted by atomic mass is 32.1. The van der Waals surface area contributed by atoms with Gasteiger partial charge in [-0.2, -0.15) is 5.10 Å². The molecule has 0 aliphatic carbocycles. The normalized spacial score (nSPS) is 10.5. The van der Waals surface area contributed by atoms with E-state index in [1.54, 1.807) is 31.5 Å². The molecule has 0 amide bonds. The maximum atomic E-state index is 11.7. The lowest BCUT2D eigenvalue weighted by atomic mass is 10.2. The van der Waals surface area contributed by atoms with Crippen molar-refractivity contribution < 1.29 is 9.53 Å². The van der Waals surface area contributed by atoms with E-state index in [2.05, 4.69) is 10.5 Å².